The number of halogens is 2. The van der Waals surface area contributed by atoms with E-state index in [1.165, 1.54) is 0 Å². The third kappa shape index (κ3) is 4.84. The largest absolute Gasteiger partial charge is 0.411 e. The Morgan fingerprint density at radius 1 is 1.58 bits per heavy atom. The zero-order valence-corrected chi connectivity index (χ0v) is 9.69. The van der Waals surface area contributed by atoms with Crippen LogP contribution >= 0.6 is 23.2 Å². The summed E-state index contributed by atoms with van der Waals surface area (Å²) in [6.45, 7) is 4.40. The summed E-state index contributed by atoms with van der Waals surface area (Å²) in [7, 11) is -1.92. The van der Waals surface area contributed by atoms with Crippen molar-refractivity contribution in [2.75, 3.05) is 6.61 Å². The van der Waals surface area contributed by atoms with Gasteiger partial charge in [-0.15, -0.1) is 29.6 Å². The first-order chi connectivity index (χ1) is 5.50. The van der Waals surface area contributed by atoms with Crippen LogP contribution in [0.4, 0.5) is 0 Å². The molecule has 0 aliphatic heterocycles. The van der Waals surface area contributed by atoms with Gasteiger partial charge in [0.2, 0.25) is 8.32 Å². The molecule has 0 atom stereocenters. The maximum Gasteiger partial charge on any atom is 0.220 e. The molecule has 0 aliphatic carbocycles. The van der Waals surface area contributed by atoms with Crippen LogP contribution in [0.2, 0.25) is 13.1 Å². The Kier molecular flexibility index (Phi) is 5.69. The highest BCUT2D eigenvalue weighted by Gasteiger charge is 2.30. The molecule has 0 spiro atoms. The van der Waals surface area contributed by atoms with Gasteiger partial charge < -0.3 is 4.43 Å². The van der Waals surface area contributed by atoms with Gasteiger partial charge in [0.25, 0.3) is 0 Å². The number of terminal acetylenes is 1. The summed E-state index contributed by atoms with van der Waals surface area (Å²) in [6.07, 6.45) is 8.37. The molecule has 0 rings (SSSR count). The Labute approximate surface area is 84.8 Å². The quantitative estimate of drug-likeness (QED) is 0.404. The zero-order chi connectivity index (χ0) is 9.61. The molecule has 0 saturated heterocycles. The van der Waals surface area contributed by atoms with E-state index in [0.717, 1.165) is 0 Å². The van der Waals surface area contributed by atoms with Crippen molar-refractivity contribution in [1.29, 1.82) is 0 Å². The molecule has 0 aliphatic rings. The number of hydrogen-bond acceptors (Lipinski definition) is 1. The second-order valence-corrected chi connectivity index (χ2v) is 8.69. The molecule has 4 heteroatoms. The molecule has 0 N–H and O–H groups in total. The average molecular weight is 223 g/mol. The van der Waals surface area contributed by atoms with Gasteiger partial charge in [-0.1, -0.05) is 12.0 Å². The third-order valence-corrected chi connectivity index (χ3v) is 6.41. The molecule has 0 radical (unpaired) electrons. The van der Waals surface area contributed by atoms with E-state index in [-0.39, 0.29) is 0 Å². The van der Waals surface area contributed by atoms with Crippen molar-refractivity contribution in [3.05, 3.63) is 12.2 Å². The molecule has 0 bridgehead atoms. The number of alkyl halides is 2. The standard InChI is InChI=1S/C8H12Cl2OSi/c1-4-5-6-7-11-12(2,3)8(9)10/h1,5-6,8H,7H2,2-3H3. The van der Waals surface area contributed by atoms with Crippen LogP contribution in [-0.4, -0.2) is 19.4 Å². The summed E-state index contributed by atoms with van der Waals surface area (Å²) in [5.74, 6) is 2.37. The van der Waals surface area contributed by atoms with Crippen molar-refractivity contribution in [1.82, 2.24) is 0 Å². The first-order valence-electron chi connectivity index (χ1n) is 3.54. The molecule has 1 nitrogen and oxygen atoms in total. The second-order valence-electron chi connectivity index (χ2n) is 2.78. The van der Waals surface area contributed by atoms with Gasteiger partial charge in [-0.05, 0) is 19.2 Å². The number of allylic oxidation sites excluding steroid dienone is 1. The lowest BCUT2D eigenvalue weighted by Crippen LogP contribution is -2.38. The highest BCUT2D eigenvalue weighted by molar-refractivity contribution is 6.88. The molecule has 12 heavy (non-hydrogen) atoms. The molecule has 68 valence electrons. The Hall–Kier alpha value is 0.0569. The highest BCUT2D eigenvalue weighted by atomic mass is 35.5. The predicted molar refractivity (Wildman–Crippen MR) is 56.9 cm³/mol. The first-order valence-corrected chi connectivity index (χ1v) is 7.40. The zero-order valence-electron chi connectivity index (χ0n) is 7.18. The van der Waals surface area contributed by atoms with E-state index in [4.69, 9.17) is 34.1 Å². The van der Waals surface area contributed by atoms with Gasteiger partial charge in [-0.3, -0.25) is 0 Å². The minimum Gasteiger partial charge on any atom is -0.411 e. The topological polar surface area (TPSA) is 9.23 Å². The van der Waals surface area contributed by atoms with Crippen LogP contribution in [-0.2, 0) is 4.43 Å². The molecule has 0 amide bonds. The maximum atomic E-state index is 5.72. The monoisotopic (exact) mass is 222 g/mol. The molecular formula is C8H12Cl2OSi. The van der Waals surface area contributed by atoms with Gasteiger partial charge in [0.15, 0.2) is 0 Å². The summed E-state index contributed by atoms with van der Waals surface area (Å²) >= 11 is 11.4. The van der Waals surface area contributed by atoms with Gasteiger partial charge in [0.05, 0.1) is 6.61 Å². The third-order valence-electron chi connectivity index (χ3n) is 1.29. The van der Waals surface area contributed by atoms with Crippen molar-refractivity contribution in [3.63, 3.8) is 0 Å². The van der Waals surface area contributed by atoms with Gasteiger partial charge in [-0.25, -0.2) is 0 Å². The van der Waals surface area contributed by atoms with Gasteiger partial charge in [0.1, 0.15) is 4.46 Å². The Balaban J connectivity index is 3.78. The van der Waals surface area contributed by atoms with Crippen molar-refractivity contribution in [2.24, 2.45) is 0 Å². The second kappa shape index (κ2) is 5.66. The average Bonchev–Trinajstić information content (AvgIpc) is 1.98. The number of rotatable bonds is 4. The lowest BCUT2D eigenvalue weighted by Gasteiger charge is -2.22. The van der Waals surface area contributed by atoms with Crippen LogP contribution in [0.25, 0.3) is 0 Å². The predicted octanol–water partition coefficient (Wildman–Crippen LogP) is 2.74. The van der Waals surface area contributed by atoms with E-state index < -0.39 is 12.8 Å². The summed E-state index contributed by atoms with van der Waals surface area (Å²) in [4.78, 5) is 0. The highest BCUT2D eigenvalue weighted by Crippen LogP contribution is 2.19. The van der Waals surface area contributed by atoms with Crippen LogP contribution in [0, 0.1) is 12.3 Å². The van der Waals surface area contributed by atoms with Crippen molar-refractivity contribution >= 4 is 31.5 Å². The van der Waals surface area contributed by atoms with E-state index in [1.54, 1.807) is 12.2 Å². The van der Waals surface area contributed by atoms with E-state index in [9.17, 15) is 0 Å². The van der Waals surface area contributed by atoms with Crippen molar-refractivity contribution in [2.45, 2.75) is 17.6 Å². The van der Waals surface area contributed by atoms with Crippen LogP contribution in [0.5, 0.6) is 0 Å². The van der Waals surface area contributed by atoms with Gasteiger partial charge >= 0.3 is 0 Å². The summed E-state index contributed by atoms with van der Waals surface area (Å²) in [6, 6.07) is 0. The molecule has 0 saturated carbocycles. The molecule has 0 aromatic heterocycles. The fraction of sp³-hybridized carbons (Fsp3) is 0.500. The molecule has 0 unspecified atom stereocenters. The van der Waals surface area contributed by atoms with Gasteiger partial charge in [0, 0.05) is 0 Å². The van der Waals surface area contributed by atoms with Crippen molar-refractivity contribution in [3.8, 4) is 12.3 Å². The van der Waals surface area contributed by atoms with E-state index in [0.29, 0.717) is 6.61 Å². The molecule has 0 aromatic rings. The molecule has 0 heterocycles. The Morgan fingerprint density at radius 3 is 2.58 bits per heavy atom. The SMILES string of the molecule is C#CC=CCO[Si](C)(C)C(Cl)Cl. The Bertz CT molecular complexity index is 194. The van der Waals surface area contributed by atoms with E-state index in [2.05, 4.69) is 5.92 Å². The smallest absolute Gasteiger partial charge is 0.220 e. The maximum absolute atomic E-state index is 5.72. The minimum atomic E-state index is -1.92. The fourth-order valence-corrected chi connectivity index (χ4v) is 1.47. The number of hydrogen-bond donors (Lipinski definition) is 0. The summed E-state index contributed by atoms with van der Waals surface area (Å²) < 4.78 is 5.08. The minimum absolute atomic E-state index is 0.406. The van der Waals surface area contributed by atoms with Crippen LogP contribution in [0.1, 0.15) is 0 Å². The van der Waals surface area contributed by atoms with Crippen LogP contribution < -0.4 is 0 Å². The van der Waals surface area contributed by atoms with Crippen LogP contribution in [0.15, 0.2) is 12.2 Å². The van der Waals surface area contributed by atoms with Gasteiger partial charge in [-0.2, -0.15) is 0 Å². The fourth-order valence-electron chi connectivity index (χ4n) is 0.442. The summed E-state index contributed by atoms with van der Waals surface area (Å²) in [5.41, 5.74) is 0. The molecule has 0 fully saturated rings. The van der Waals surface area contributed by atoms with E-state index >= 15 is 0 Å². The Morgan fingerprint density at radius 2 is 2.17 bits per heavy atom. The summed E-state index contributed by atoms with van der Waals surface area (Å²) in [5, 5.41) is 0. The lowest BCUT2D eigenvalue weighted by atomic mass is 10.5. The normalized spacial score (nSPS) is 12.3. The van der Waals surface area contributed by atoms with Crippen molar-refractivity contribution < 1.29 is 4.43 Å². The molecule has 0 aromatic carbocycles. The lowest BCUT2D eigenvalue weighted by molar-refractivity contribution is 0.354. The molecular weight excluding hydrogens is 211 g/mol. The van der Waals surface area contributed by atoms with E-state index in [1.807, 2.05) is 13.1 Å². The first kappa shape index (κ1) is 12.1. The van der Waals surface area contributed by atoms with Crippen LogP contribution in [0.3, 0.4) is 0 Å².